The Morgan fingerprint density at radius 2 is 1.92 bits per heavy atom. The number of ether oxygens (including phenoxy) is 2. The molecule has 2 aromatic rings. The quantitative estimate of drug-likeness (QED) is 0.748. The molecule has 2 rings (SSSR count). The number of hydrogen-bond acceptors (Lipinski definition) is 7. The molecule has 2 aromatic heterocycles. The summed E-state index contributed by atoms with van der Waals surface area (Å²) in [5.41, 5.74) is 0.585. The molecule has 0 fully saturated rings. The van der Waals surface area contributed by atoms with Crippen LogP contribution in [-0.4, -0.2) is 62.0 Å². The molecule has 0 aliphatic carbocycles. The van der Waals surface area contributed by atoms with Crippen molar-refractivity contribution in [3.63, 3.8) is 0 Å². The van der Waals surface area contributed by atoms with Gasteiger partial charge in [0.25, 0.3) is 5.56 Å². The van der Waals surface area contributed by atoms with E-state index in [2.05, 4.69) is 15.3 Å². The third-order valence-corrected chi connectivity index (χ3v) is 4.06. The second-order valence-electron chi connectivity index (χ2n) is 5.77. The number of hydrogen-bond donors (Lipinski definition) is 1. The zero-order valence-electron chi connectivity index (χ0n) is 15.8. The Balaban J connectivity index is 2.73. The van der Waals surface area contributed by atoms with Gasteiger partial charge in [-0.25, -0.2) is 9.97 Å². The highest BCUT2D eigenvalue weighted by Gasteiger charge is 2.21. The second kappa shape index (κ2) is 8.72. The molecule has 2 heterocycles. The van der Waals surface area contributed by atoms with Crippen LogP contribution in [-0.2, 0) is 14.3 Å². The minimum atomic E-state index is -0.384. The minimum absolute atomic E-state index is 0.0733. The van der Waals surface area contributed by atoms with Crippen LogP contribution in [0.4, 0.5) is 11.6 Å². The second-order valence-corrected chi connectivity index (χ2v) is 5.77. The third kappa shape index (κ3) is 3.83. The fourth-order valence-electron chi connectivity index (χ4n) is 2.71. The van der Waals surface area contributed by atoms with Crippen molar-refractivity contribution in [1.29, 1.82) is 0 Å². The van der Waals surface area contributed by atoms with E-state index in [1.807, 2.05) is 0 Å². The van der Waals surface area contributed by atoms with Crippen molar-refractivity contribution in [3.05, 3.63) is 22.5 Å². The van der Waals surface area contributed by atoms with Crippen molar-refractivity contribution in [2.75, 3.05) is 51.7 Å². The Kier molecular flexibility index (Phi) is 6.64. The number of carbonyl (C=O) groups is 1. The first-order valence-electron chi connectivity index (χ1n) is 8.33. The Morgan fingerprint density at radius 1 is 1.27 bits per heavy atom. The monoisotopic (exact) mass is 363 g/mol. The van der Waals surface area contributed by atoms with Gasteiger partial charge in [-0.05, 0) is 12.1 Å². The SMILES string of the molecule is CCC(=O)N(C)c1ccc2nc(NC)c(=O)n(C(COC)COC)c2n1. The van der Waals surface area contributed by atoms with Gasteiger partial charge in [0.05, 0.1) is 19.3 Å². The first-order chi connectivity index (χ1) is 12.5. The molecule has 0 radical (unpaired) electrons. The molecule has 0 unspecified atom stereocenters. The zero-order valence-corrected chi connectivity index (χ0v) is 15.8. The van der Waals surface area contributed by atoms with E-state index >= 15 is 0 Å². The summed E-state index contributed by atoms with van der Waals surface area (Å²) >= 11 is 0. The number of aromatic nitrogens is 3. The molecule has 1 N–H and O–H groups in total. The van der Waals surface area contributed by atoms with Gasteiger partial charge >= 0.3 is 0 Å². The normalized spacial score (nSPS) is 11.2. The number of nitrogens with one attached hydrogen (secondary N) is 1. The van der Waals surface area contributed by atoms with Crippen LogP contribution in [0.1, 0.15) is 19.4 Å². The van der Waals surface area contributed by atoms with E-state index in [0.717, 1.165) is 0 Å². The van der Waals surface area contributed by atoms with Crippen molar-refractivity contribution >= 4 is 28.7 Å². The van der Waals surface area contributed by atoms with E-state index < -0.39 is 0 Å². The fourth-order valence-corrected chi connectivity index (χ4v) is 2.71. The molecule has 9 heteroatoms. The summed E-state index contributed by atoms with van der Waals surface area (Å²) in [4.78, 5) is 35.2. The maximum atomic E-state index is 12.9. The van der Waals surface area contributed by atoms with E-state index in [1.54, 1.807) is 47.4 Å². The summed E-state index contributed by atoms with van der Waals surface area (Å²) in [6.07, 6.45) is 0.357. The maximum Gasteiger partial charge on any atom is 0.295 e. The van der Waals surface area contributed by atoms with Crippen molar-refractivity contribution in [2.24, 2.45) is 0 Å². The first-order valence-corrected chi connectivity index (χ1v) is 8.33. The summed E-state index contributed by atoms with van der Waals surface area (Å²) in [6, 6.07) is 3.06. The van der Waals surface area contributed by atoms with Gasteiger partial charge < -0.3 is 14.8 Å². The summed E-state index contributed by atoms with van der Waals surface area (Å²) in [6.45, 7) is 2.32. The molecule has 0 aliphatic heterocycles. The van der Waals surface area contributed by atoms with Crippen LogP contribution in [0.25, 0.3) is 11.2 Å². The lowest BCUT2D eigenvalue weighted by atomic mass is 10.3. The molecule has 9 nitrogen and oxygen atoms in total. The number of nitrogens with zero attached hydrogens (tertiary/aromatic N) is 4. The van der Waals surface area contributed by atoms with Crippen molar-refractivity contribution in [3.8, 4) is 0 Å². The van der Waals surface area contributed by atoms with E-state index in [0.29, 0.717) is 23.4 Å². The van der Waals surface area contributed by atoms with E-state index in [4.69, 9.17) is 9.47 Å². The molecule has 26 heavy (non-hydrogen) atoms. The minimum Gasteiger partial charge on any atom is -0.382 e. The largest absolute Gasteiger partial charge is 0.382 e. The smallest absolute Gasteiger partial charge is 0.295 e. The molecule has 142 valence electrons. The third-order valence-electron chi connectivity index (χ3n) is 4.06. The van der Waals surface area contributed by atoms with Gasteiger partial charge in [0.15, 0.2) is 11.5 Å². The molecule has 0 atom stereocenters. The van der Waals surface area contributed by atoms with Crippen LogP contribution in [0.2, 0.25) is 0 Å². The average Bonchev–Trinajstić information content (AvgIpc) is 2.65. The van der Waals surface area contributed by atoms with Crippen LogP contribution in [0.15, 0.2) is 16.9 Å². The number of rotatable bonds is 8. The predicted octanol–water partition coefficient (Wildman–Crippen LogP) is 1.04. The molecule has 0 spiro atoms. The lowest BCUT2D eigenvalue weighted by Crippen LogP contribution is -2.33. The maximum absolute atomic E-state index is 12.9. The molecule has 1 amide bonds. The Bertz CT molecular complexity index is 830. The van der Waals surface area contributed by atoms with E-state index in [9.17, 15) is 9.59 Å². The van der Waals surface area contributed by atoms with Crippen LogP contribution < -0.4 is 15.8 Å². The zero-order chi connectivity index (χ0) is 19.3. The number of anilines is 2. The van der Waals surface area contributed by atoms with Crippen LogP contribution in [0, 0.1) is 0 Å². The first kappa shape index (κ1) is 19.8. The Hall–Kier alpha value is -2.52. The van der Waals surface area contributed by atoms with Crippen LogP contribution in [0.3, 0.4) is 0 Å². The number of carbonyl (C=O) groups excluding carboxylic acids is 1. The summed E-state index contributed by atoms with van der Waals surface area (Å²) in [7, 11) is 6.40. The predicted molar refractivity (Wildman–Crippen MR) is 99.8 cm³/mol. The lowest BCUT2D eigenvalue weighted by Gasteiger charge is -2.22. The van der Waals surface area contributed by atoms with Gasteiger partial charge in [-0.3, -0.25) is 19.1 Å². The number of amides is 1. The van der Waals surface area contributed by atoms with Crippen molar-refractivity contribution < 1.29 is 14.3 Å². The van der Waals surface area contributed by atoms with Crippen molar-refractivity contribution in [2.45, 2.75) is 19.4 Å². The van der Waals surface area contributed by atoms with Gasteiger partial charge in [0.2, 0.25) is 5.91 Å². The van der Waals surface area contributed by atoms with Crippen LogP contribution >= 0.6 is 0 Å². The summed E-state index contributed by atoms with van der Waals surface area (Å²) < 4.78 is 12.0. The molecule has 0 aromatic carbocycles. The Labute approximate surface area is 151 Å². The molecular weight excluding hydrogens is 338 g/mol. The highest BCUT2D eigenvalue weighted by atomic mass is 16.5. The van der Waals surface area contributed by atoms with Gasteiger partial charge in [0, 0.05) is 34.7 Å². The van der Waals surface area contributed by atoms with Crippen LogP contribution in [0.5, 0.6) is 0 Å². The van der Waals surface area contributed by atoms with Gasteiger partial charge in [-0.2, -0.15) is 0 Å². The standard InChI is InChI=1S/C17H25N5O4/c1-6-14(23)21(3)13-8-7-12-16(20-13)22(11(9-25-4)10-26-5)17(24)15(18-2)19-12/h7-8,11H,6,9-10H2,1-5H3,(H,18,19). The molecule has 0 bridgehead atoms. The Morgan fingerprint density at radius 3 is 2.46 bits per heavy atom. The molecule has 0 saturated carbocycles. The van der Waals surface area contributed by atoms with E-state index in [1.165, 1.54) is 9.47 Å². The summed E-state index contributed by atoms with van der Waals surface area (Å²) in [5, 5.41) is 2.81. The molecule has 0 saturated heterocycles. The highest BCUT2D eigenvalue weighted by molar-refractivity contribution is 5.92. The number of methoxy groups -OCH3 is 2. The highest BCUT2D eigenvalue weighted by Crippen LogP contribution is 2.20. The lowest BCUT2D eigenvalue weighted by molar-refractivity contribution is -0.118. The van der Waals surface area contributed by atoms with Crippen molar-refractivity contribution in [1.82, 2.24) is 14.5 Å². The molecule has 0 aliphatic rings. The molecular formula is C17H25N5O4. The summed E-state index contributed by atoms with van der Waals surface area (Å²) in [5.74, 6) is 0.586. The van der Waals surface area contributed by atoms with E-state index in [-0.39, 0.29) is 36.5 Å². The number of fused-ring (bicyclic) bond motifs is 1. The topological polar surface area (TPSA) is 98.6 Å². The van der Waals surface area contributed by atoms with Gasteiger partial charge in [0.1, 0.15) is 11.3 Å². The van der Waals surface area contributed by atoms with Gasteiger partial charge in [-0.1, -0.05) is 6.92 Å². The number of pyridine rings is 1. The average molecular weight is 363 g/mol. The fraction of sp³-hybridized carbons (Fsp3) is 0.529. The van der Waals surface area contributed by atoms with Gasteiger partial charge in [-0.15, -0.1) is 0 Å².